The Hall–Kier alpha value is -0.100. The predicted molar refractivity (Wildman–Crippen MR) is 69.1 cm³/mol. The van der Waals surface area contributed by atoms with E-state index in [1.807, 2.05) is 43.4 Å². The highest BCUT2D eigenvalue weighted by Crippen LogP contribution is 2.40. The molecule has 0 saturated carbocycles. The van der Waals surface area contributed by atoms with E-state index in [0.717, 1.165) is 12.8 Å². The van der Waals surface area contributed by atoms with E-state index < -0.39 is 17.0 Å². The van der Waals surface area contributed by atoms with Gasteiger partial charge in [0, 0.05) is 0 Å². The lowest BCUT2D eigenvalue weighted by molar-refractivity contribution is -0.137. The fourth-order valence-corrected chi connectivity index (χ4v) is 2.47. The number of carboxylic acid groups (broad SMARTS) is 1. The van der Waals surface area contributed by atoms with Crippen LogP contribution in [0.1, 0.15) is 40.5 Å². The molecule has 0 aliphatic rings. The smallest absolute Gasteiger partial charge is 0.334 e. The number of hydrogen-bond acceptors (Lipinski definition) is 2. The Balaban J connectivity index is 5.19. The molecule has 0 aliphatic carbocycles. The van der Waals surface area contributed by atoms with E-state index in [-0.39, 0.29) is 5.57 Å². The minimum Gasteiger partial charge on any atom is -0.478 e. The van der Waals surface area contributed by atoms with Gasteiger partial charge in [-0.2, -0.15) is 0 Å². The summed E-state index contributed by atoms with van der Waals surface area (Å²) in [6, 6.07) is 0. The molecule has 0 saturated heterocycles. The summed E-state index contributed by atoms with van der Waals surface area (Å²) in [5, 5.41) is 19.4. The molecule has 0 rings (SSSR count). The van der Waals surface area contributed by atoms with Gasteiger partial charge in [-0.3, -0.25) is 0 Å². The maximum atomic E-state index is 11.0. The lowest BCUT2D eigenvalue weighted by atomic mass is 9.69. The third-order valence-corrected chi connectivity index (χ3v) is 3.68. The summed E-state index contributed by atoms with van der Waals surface area (Å²) >= 11 is 1.86. The number of rotatable bonds is 5. The van der Waals surface area contributed by atoms with E-state index in [0.29, 0.717) is 0 Å². The molecule has 4 heteroatoms. The Bertz CT molecular complexity index is 267. The molecule has 0 spiro atoms. The topological polar surface area (TPSA) is 57.5 Å². The lowest BCUT2D eigenvalue weighted by Gasteiger charge is -2.40. The second-order valence-corrected chi connectivity index (χ2v) is 5.16. The standard InChI is InChI=1S/C11H19IO3/c1-5-6-10(2,3)11(4,15)8(7-12)9(13)14/h7,15H,5-6H2,1-4H3,(H,13,14). The van der Waals surface area contributed by atoms with Crippen LogP contribution in [0.4, 0.5) is 0 Å². The minimum atomic E-state index is -1.31. The Morgan fingerprint density at radius 2 is 1.87 bits per heavy atom. The summed E-state index contributed by atoms with van der Waals surface area (Å²) in [7, 11) is 0. The molecule has 15 heavy (non-hydrogen) atoms. The zero-order valence-electron chi connectivity index (χ0n) is 9.67. The maximum absolute atomic E-state index is 11.0. The maximum Gasteiger partial charge on any atom is 0.334 e. The Kier molecular flexibility index (Phi) is 5.26. The Morgan fingerprint density at radius 1 is 1.40 bits per heavy atom. The fraction of sp³-hybridized carbons (Fsp3) is 0.727. The fourth-order valence-electron chi connectivity index (χ4n) is 1.59. The molecule has 88 valence electrons. The van der Waals surface area contributed by atoms with Crippen LogP contribution < -0.4 is 0 Å². The number of aliphatic carboxylic acids is 1. The quantitative estimate of drug-likeness (QED) is 0.603. The first-order chi connectivity index (χ1) is 6.70. The van der Waals surface area contributed by atoms with Gasteiger partial charge >= 0.3 is 5.97 Å². The molecule has 0 aromatic carbocycles. The van der Waals surface area contributed by atoms with Crippen LogP contribution in [-0.2, 0) is 4.79 Å². The van der Waals surface area contributed by atoms with Crippen LogP contribution in [0.3, 0.4) is 0 Å². The van der Waals surface area contributed by atoms with Crippen molar-refractivity contribution < 1.29 is 15.0 Å². The lowest BCUT2D eigenvalue weighted by Crippen LogP contribution is -2.45. The largest absolute Gasteiger partial charge is 0.478 e. The number of carboxylic acids is 1. The minimum absolute atomic E-state index is 0.0570. The van der Waals surface area contributed by atoms with Crippen molar-refractivity contribution in [2.75, 3.05) is 0 Å². The van der Waals surface area contributed by atoms with Crippen molar-refractivity contribution in [2.24, 2.45) is 5.41 Å². The normalized spacial score (nSPS) is 17.3. The second-order valence-electron chi connectivity index (χ2n) is 4.53. The van der Waals surface area contributed by atoms with Crippen molar-refractivity contribution >= 4 is 28.6 Å². The third-order valence-electron chi connectivity index (χ3n) is 3.06. The molecule has 0 fully saturated rings. The van der Waals surface area contributed by atoms with Gasteiger partial charge in [-0.25, -0.2) is 4.79 Å². The average molecular weight is 326 g/mol. The van der Waals surface area contributed by atoms with Crippen molar-refractivity contribution in [3.05, 3.63) is 9.66 Å². The highest BCUT2D eigenvalue weighted by atomic mass is 127. The molecule has 0 aromatic rings. The summed E-state index contributed by atoms with van der Waals surface area (Å²) in [5.41, 5.74) is -1.70. The van der Waals surface area contributed by atoms with Crippen LogP contribution in [0.25, 0.3) is 0 Å². The Labute approximate surface area is 105 Å². The van der Waals surface area contributed by atoms with Gasteiger partial charge in [-0.15, -0.1) is 0 Å². The molecule has 0 bridgehead atoms. The molecular formula is C11H19IO3. The monoisotopic (exact) mass is 326 g/mol. The van der Waals surface area contributed by atoms with E-state index in [4.69, 9.17) is 5.11 Å². The van der Waals surface area contributed by atoms with Gasteiger partial charge in [-0.1, -0.05) is 49.8 Å². The molecule has 0 aliphatic heterocycles. The van der Waals surface area contributed by atoms with E-state index in [1.165, 1.54) is 4.08 Å². The molecule has 2 N–H and O–H groups in total. The summed E-state index contributed by atoms with van der Waals surface area (Å²) in [5.74, 6) is -1.06. The summed E-state index contributed by atoms with van der Waals surface area (Å²) < 4.78 is 1.44. The van der Waals surface area contributed by atoms with E-state index >= 15 is 0 Å². The SMILES string of the molecule is CCCC(C)(C)C(C)(O)C(=CI)C(=O)O. The average Bonchev–Trinajstić information content (AvgIpc) is 2.03. The molecule has 0 heterocycles. The van der Waals surface area contributed by atoms with Crippen LogP contribution in [0.15, 0.2) is 9.66 Å². The zero-order chi connectivity index (χ0) is 12.3. The highest BCUT2D eigenvalue weighted by molar-refractivity contribution is 14.1. The van der Waals surface area contributed by atoms with Crippen molar-refractivity contribution in [1.29, 1.82) is 0 Å². The first-order valence-corrected chi connectivity index (χ1v) is 6.21. The predicted octanol–water partition coefficient (Wildman–Crippen LogP) is 2.97. The zero-order valence-corrected chi connectivity index (χ0v) is 11.8. The van der Waals surface area contributed by atoms with E-state index in [9.17, 15) is 9.90 Å². The van der Waals surface area contributed by atoms with Crippen LogP contribution in [0.2, 0.25) is 0 Å². The van der Waals surface area contributed by atoms with E-state index in [1.54, 1.807) is 6.92 Å². The number of hydrogen-bond donors (Lipinski definition) is 2. The van der Waals surface area contributed by atoms with Gasteiger partial charge in [0.05, 0.1) is 11.2 Å². The first kappa shape index (κ1) is 14.9. The number of carbonyl (C=O) groups is 1. The van der Waals surface area contributed by atoms with E-state index in [2.05, 4.69) is 0 Å². The van der Waals surface area contributed by atoms with Crippen LogP contribution >= 0.6 is 22.6 Å². The first-order valence-electron chi connectivity index (χ1n) is 4.97. The van der Waals surface area contributed by atoms with Gasteiger partial charge in [0.2, 0.25) is 0 Å². The highest BCUT2D eigenvalue weighted by Gasteiger charge is 2.44. The van der Waals surface area contributed by atoms with Crippen LogP contribution in [-0.4, -0.2) is 21.8 Å². The number of aliphatic hydroxyl groups is 1. The number of halogens is 1. The summed E-state index contributed by atoms with van der Waals surface area (Å²) in [6.07, 6.45) is 1.69. The summed E-state index contributed by atoms with van der Waals surface area (Å²) in [4.78, 5) is 11.0. The van der Waals surface area contributed by atoms with Crippen molar-refractivity contribution in [3.63, 3.8) is 0 Å². The summed E-state index contributed by atoms with van der Waals surface area (Å²) in [6.45, 7) is 7.37. The molecule has 0 radical (unpaired) electrons. The molecule has 0 amide bonds. The molecule has 1 unspecified atom stereocenters. The second kappa shape index (κ2) is 5.30. The molecule has 1 atom stereocenters. The van der Waals surface area contributed by atoms with Crippen molar-refractivity contribution in [1.82, 2.24) is 0 Å². The third kappa shape index (κ3) is 3.17. The molecule has 3 nitrogen and oxygen atoms in total. The van der Waals surface area contributed by atoms with Crippen LogP contribution in [0.5, 0.6) is 0 Å². The van der Waals surface area contributed by atoms with Crippen molar-refractivity contribution in [2.45, 2.75) is 46.1 Å². The van der Waals surface area contributed by atoms with Gasteiger partial charge in [0.15, 0.2) is 0 Å². The van der Waals surface area contributed by atoms with Gasteiger partial charge < -0.3 is 10.2 Å². The van der Waals surface area contributed by atoms with Gasteiger partial charge in [0.1, 0.15) is 0 Å². The van der Waals surface area contributed by atoms with Crippen molar-refractivity contribution in [3.8, 4) is 0 Å². The van der Waals surface area contributed by atoms with Gasteiger partial charge in [-0.05, 0) is 22.8 Å². The molecular weight excluding hydrogens is 307 g/mol. The molecule has 0 aromatic heterocycles. The Morgan fingerprint density at radius 3 is 2.13 bits per heavy atom. The van der Waals surface area contributed by atoms with Gasteiger partial charge in [0.25, 0.3) is 0 Å². The van der Waals surface area contributed by atoms with Crippen LogP contribution in [0, 0.1) is 5.41 Å².